The highest BCUT2D eigenvalue weighted by atomic mass is 16.6. The third-order valence-corrected chi connectivity index (χ3v) is 6.60. The Hall–Kier alpha value is -3.28. The van der Waals surface area contributed by atoms with Crippen LogP contribution in [0.1, 0.15) is 38.8 Å². The SMILES string of the molecule is C[C@@H]1CN(c2ccc([N+](=O)[O-])c(COCc3cc(N4C[C@@H](C)O[C@@H](C)C4)ccc3[N+](=O)[O-])c2)C[C@H](C)O1. The van der Waals surface area contributed by atoms with E-state index in [2.05, 4.69) is 9.80 Å². The number of hydrogen-bond donors (Lipinski definition) is 0. The molecule has 2 saturated heterocycles. The van der Waals surface area contributed by atoms with Crippen molar-refractivity contribution in [1.82, 2.24) is 0 Å². The van der Waals surface area contributed by atoms with Gasteiger partial charge < -0.3 is 24.0 Å². The molecule has 0 amide bonds. The molecule has 0 unspecified atom stereocenters. The zero-order chi connectivity index (χ0) is 26.7. The van der Waals surface area contributed by atoms with Crippen LogP contribution in [0.15, 0.2) is 36.4 Å². The van der Waals surface area contributed by atoms with E-state index in [1.165, 1.54) is 12.1 Å². The van der Waals surface area contributed by atoms with Gasteiger partial charge in [0.15, 0.2) is 0 Å². The van der Waals surface area contributed by atoms with Crippen LogP contribution >= 0.6 is 0 Å². The Morgan fingerprint density at radius 1 is 0.730 bits per heavy atom. The predicted octanol–water partition coefficient (Wildman–Crippen LogP) is 4.45. The van der Waals surface area contributed by atoms with Crippen LogP contribution in [0.4, 0.5) is 22.7 Å². The van der Waals surface area contributed by atoms with Gasteiger partial charge in [0, 0.05) is 49.7 Å². The number of anilines is 2. The van der Waals surface area contributed by atoms with Crippen molar-refractivity contribution in [1.29, 1.82) is 0 Å². The molecule has 2 aromatic carbocycles. The summed E-state index contributed by atoms with van der Waals surface area (Å²) in [5.41, 5.74) is 2.47. The van der Waals surface area contributed by atoms with Crippen molar-refractivity contribution in [2.24, 2.45) is 0 Å². The predicted molar refractivity (Wildman–Crippen MR) is 139 cm³/mol. The molecule has 200 valence electrons. The van der Waals surface area contributed by atoms with Gasteiger partial charge in [-0.25, -0.2) is 0 Å². The standard InChI is InChI=1S/C26H34N4O7/c1-17-11-27(12-18(2)36-17)23-5-7-25(29(31)32)21(9-23)15-35-16-22-10-24(6-8-26(22)30(33)34)28-13-19(3)37-20(4)14-28/h5-10,17-20H,11-16H2,1-4H3/t17-,18+,19-,20+. The molecule has 37 heavy (non-hydrogen) atoms. The first-order valence-corrected chi connectivity index (χ1v) is 12.5. The van der Waals surface area contributed by atoms with Gasteiger partial charge in [0.05, 0.1) is 58.6 Å². The van der Waals surface area contributed by atoms with Gasteiger partial charge in [0.25, 0.3) is 11.4 Å². The molecular formula is C26H34N4O7. The lowest BCUT2D eigenvalue weighted by molar-refractivity contribution is -0.386. The summed E-state index contributed by atoms with van der Waals surface area (Å²) in [6, 6.07) is 10.00. The zero-order valence-electron chi connectivity index (χ0n) is 21.7. The number of hydrogen-bond acceptors (Lipinski definition) is 9. The summed E-state index contributed by atoms with van der Waals surface area (Å²) >= 11 is 0. The lowest BCUT2D eigenvalue weighted by Gasteiger charge is -2.37. The first-order valence-electron chi connectivity index (χ1n) is 12.5. The van der Waals surface area contributed by atoms with E-state index < -0.39 is 9.85 Å². The molecule has 0 bridgehead atoms. The van der Waals surface area contributed by atoms with Gasteiger partial charge >= 0.3 is 0 Å². The molecule has 11 heteroatoms. The van der Waals surface area contributed by atoms with Crippen LogP contribution in [0.25, 0.3) is 0 Å². The molecule has 0 aromatic heterocycles. The molecule has 11 nitrogen and oxygen atoms in total. The van der Waals surface area contributed by atoms with Crippen LogP contribution in [0.3, 0.4) is 0 Å². The molecule has 2 aliphatic rings. The van der Waals surface area contributed by atoms with Crippen LogP contribution in [0, 0.1) is 20.2 Å². The third kappa shape index (κ3) is 6.54. The summed E-state index contributed by atoms with van der Waals surface area (Å²) in [5.74, 6) is 0. The third-order valence-electron chi connectivity index (χ3n) is 6.60. The lowest BCUT2D eigenvalue weighted by Crippen LogP contribution is -2.45. The maximum absolute atomic E-state index is 11.7. The number of nitro groups is 2. The molecule has 4 atom stereocenters. The van der Waals surface area contributed by atoms with Crippen LogP contribution in [0.5, 0.6) is 0 Å². The van der Waals surface area contributed by atoms with E-state index in [1.54, 1.807) is 24.3 Å². The maximum Gasteiger partial charge on any atom is 0.275 e. The van der Waals surface area contributed by atoms with Crippen molar-refractivity contribution in [3.05, 3.63) is 67.8 Å². The summed E-state index contributed by atoms with van der Waals surface area (Å²) in [6.07, 6.45) is 0.181. The van der Waals surface area contributed by atoms with E-state index in [0.717, 1.165) is 11.4 Å². The van der Waals surface area contributed by atoms with E-state index in [4.69, 9.17) is 14.2 Å². The summed E-state index contributed by atoms with van der Waals surface area (Å²) in [7, 11) is 0. The van der Waals surface area contributed by atoms with Crippen molar-refractivity contribution in [3.8, 4) is 0 Å². The average molecular weight is 515 g/mol. The summed E-state index contributed by atoms with van der Waals surface area (Å²) in [5, 5.41) is 23.3. The number of rotatable bonds is 8. The minimum absolute atomic E-state index is 0.0438. The van der Waals surface area contributed by atoms with Gasteiger partial charge in [-0.2, -0.15) is 0 Å². The minimum Gasteiger partial charge on any atom is -0.372 e. The Kier molecular flexibility index (Phi) is 8.25. The Bertz CT molecular complexity index is 1040. The molecule has 2 aromatic rings. The topological polar surface area (TPSA) is 120 Å². The number of nitrogens with zero attached hydrogens (tertiary/aromatic N) is 4. The largest absolute Gasteiger partial charge is 0.372 e. The molecule has 0 radical (unpaired) electrons. The molecule has 0 spiro atoms. The van der Waals surface area contributed by atoms with Crippen molar-refractivity contribution >= 4 is 22.7 Å². The number of nitro benzene ring substituents is 2. The van der Waals surface area contributed by atoms with E-state index in [-0.39, 0.29) is 49.0 Å². The van der Waals surface area contributed by atoms with E-state index in [0.29, 0.717) is 37.3 Å². The fourth-order valence-electron chi connectivity index (χ4n) is 5.17. The Morgan fingerprint density at radius 2 is 1.08 bits per heavy atom. The Morgan fingerprint density at radius 3 is 1.41 bits per heavy atom. The zero-order valence-corrected chi connectivity index (χ0v) is 21.7. The molecule has 0 saturated carbocycles. The van der Waals surface area contributed by atoms with Gasteiger partial charge in [-0.1, -0.05) is 0 Å². The van der Waals surface area contributed by atoms with Gasteiger partial charge in [-0.05, 0) is 52.0 Å². The van der Waals surface area contributed by atoms with Gasteiger partial charge in [-0.15, -0.1) is 0 Å². The van der Waals surface area contributed by atoms with Crippen molar-refractivity contribution in [2.75, 3.05) is 36.0 Å². The average Bonchev–Trinajstić information content (AvgIpc) is 2.82. The van der Waals surface area contributed by atoms with Gasteiger partial charge in [0.1, 0.15) is 0 Å². The van der Waals surface area contributed by atoms with Gasteiger partial charge in [-0.3, -0.25) is 20.2 Å². The molecule has 2 heterocycles. The summed E-state index contributed by atoms with van der Waals surface area (Å²) in [4.78, 5) is 26.8. The summed E-state index contributed by atoms with van der Waals surface area (Å²) < 4.78 is 17.5. The molecule has 2 aliphatic heterocycles. The fourth-order valence-corrected chi connectivity index (χ4v) is 5.17. The highest BCUT2D eigenvalue weighted by Gasteiger charge is 2.26. The highest BCUT2D eigenvalue weighted by Crippen LogP contribution is 2.30. The van der Waals surface area contributed by atoms with Crippen LogP contribution < -0.4 is 9.80 Å². The van der Waals surface area contributed by atoms with Crippen LogP contribution in [-0.4, -0.2) is 60.4 Å². The molecule has 4 rings (SSSR count). The lowest BCUT2D eigenvalue weighted by atomic mass is 10.1. The van der Waals surface area contributed by atoms with E-state index in [9.17, 15) is 20.2 Å². The second-order valence-electron chi connectivity index (χ2n) is 9.96. The number of benzene rings is 2. The summed E-state index contributed by atoms with van der Waals surface area (Å²) in [6.45, 7) is 10.6. The molecule has 0 N–H and O–H groups in total. The highest BCUT2D eigenvalue weighted by molar-refractivity contribution is 5.57. The van der Waals surface area contributed by atoms with Gasteiger partial charge in [0.2, 0.25) is 0 Å². The van der Waals surface area contributed by atoms with Crippen LogP contribution in [0.2, 0.25) is 0 Å². The van der Waals surface area contributed by atoms with Crippen LogP contribution in [-0.2, 0) is 27.4 Å². The molecule has 2 fully saturated rings. The number of morpholine rings is 2. The van der Waals surface area contributed by atoms with Crippen molar-refractivity contribution < 1.29 is 24.1 Å². The number of ether oxygens (including phenoxy) is 3. The fraction of sp³-hybridized carbons (Fsp3) is 0.538. The molecular weight excluding hydrogens is 480 g/mol. The molecule has 0 aliphatic carbocycles. The van der Waals surface area contributed by atoms with E-state index in [1.807, 2.05) is 27.7 Å². The first kappa shape index (κ1) is 26.8. The monoisotopic (exact) mass is 514 g/mol. The minimum atomic E-state index is -0.434. The Balaban J connectivity index is 1.52. The van der Waals surface area contributed by atoms with E-state index >= 15 is 0 Å². The maximum atomic E-state index is 11.7. The van der Waals surface area contributed by atoms with Crippen molar-refractivity contribution in [3.63, 3.8) is 0 Å². The second kappa shape index (κ2) is 11.4. The van der Waals surface area contributed by atoms with Crippen molar-refractivity contribution in [2.45, 2.75) is 65.3 Å². The second-order valence-corrected chi connectivity index (χ2v) is 9.96. The Labute approximate surface area is 216 Å². The quantitative estimate of drug-likeness (QED) is 0.372. The first-order chi connectivity index (χ1) is 17.6. The normalized spacial score (nSPS) is 24.2. The smallest absolute Gasteiger partial charge is 0.275 e.